The standard InChI is InChI=1S/C21H20F3N5O4/c22-21(23,24)16-8-25-9-17(29-16)28-14-10-33-15(19(31)18(14)30)7-27-20(32)12-5-11-3-1-2-4-13(11)26-6-12/h1-6,8-9,14-15,18-19,30-31H,7,10H2,(H,27,32)(H,28,29)/t14-,15+,18+,19-/m0/s1. The lowest BCUT2D eigenvalue weighted by molar-refractivity contribution is -0.141. The maximum Gasteiger partial charge on any atom is 0.434 e. The highest BCUT2D eigenvalue weighted by molar-refractivity contribution is 5.97. The quantitative estimate of drug-likeness (QED) is 0.447. The number of carbonyl (C=O) groups excluding carboxylic acids is 1. The van der Waals surface area contributed by atoms with E-state index in [1.807, 2.05) is 24.3 Å². The number of anilines is 1. The van der Waals surface area contributed by atoms with Gasteiger partial charge in [-0.25, -0.2) is 4.98 Å². The van der Waals surface area contributed by atoms with Crippen LogP contribution in [0.2, 0.25) is 0 Å². The Labute approximate surface area is 185 Å². The molecule has 0 bridgehead atoms. The van der Waals surface area contributed by atoms with Crippen LogP contribution in [0.25, 0.3) is 10.9 Å². The predicted octanol–water partition coefficient (Wildman–Crippen LogP) is 1.37. The number of halogens is 3. The Balaban J connectivity index is 1.34. The van der Waals surface area contributed by atoms with Gasteiger partial charge in [0.05, 0.1) is 36.1 Å². The molecular formula is C21H20F3N5O4. The predicted molar refractivity (Wildman–Crippen MR) is 110 cm³/mol. The molecule has 1 aromatic carbocycles. The number of fused-ring (bicyclic) bond motifs is 1. The van der Waals surface area contributed by atoms with Crippen LogP contribution in [-0.4, -0.2) is 68.6 Å². The van der Waals surface area contributed by atoms with Gasteiger partial charge in [-0.1, -0.05) is 18.2 Å². The van der Waals surface area contributed by atoms with E-state index in [4.69, 9.17) is 4.74 Å². The third kappa shape index (κ3) is 5.18. The van der Waals surface area contributed by atoms with Crippen LogP contribution in [-0.2, 0) is 10.9 Å². The second-order valence-corrected chi connectivity index (χ2v) is 7.52. The van der Waals surface area contributed by atoms with Crippen molar-refractivity contribution in [3.63, 3.8) is 0 Å². The Morgan fingerprint density at radius 2 is 1.94 bits per heavy atom. The fourth-order valence-electron chi connectivity index (χ4n) is 3.44. The normalized spacial score (nSPS) is 23.3. The Kier molecular flexibility index (Phi) is 6.40. The van der Waals surface area contributed by atoms with Gasteiger partial charge in [0.2, 0.25) is 0 Å². The number of benzene rings is 1. The highest BCUT2D eigenvalue weighted by Crippen LogP contribution is 2.28. The Hall–Kier alpha value is -3.35. The smallest absolute Gasteiger partial charge is 0.388 e. The molecule has 1 fully saturated rings. The fourth-order valence-corrected chi connectivity index (χ4v) is 3.44. The van der Waals surface area contributed by atoms with E-state index in [-0.39, 0.29) is 19.0 Å². The molecule has 2 aromatic heterocycles. The molecule has 1 saturated heterocycles. The molecule has 33 heavy (non-hydrogen) atoms. The molecule has 9 nitrogen and oxygen atoms in total. The van der Waals surface area contributed by atoms with Gasteiger partial charge in [-0.3, -0.25) is 14.8 Å². The van der Waals surface area contributed by atoms with Crippen LogP contribution >= 0.6 is 0 Å². The monoisotopic (exact) mass is 463 g/mol. The van der Waals surface area contributed by atoms with E-state index >= 15 is 0 Å². The number of pyridine rings is 1. The van der Waals surface area contributed by atoms with Gasteiger partial charge in [-0.15, -0.1) is 0 Å². The van der Waals surface area contributed by atoms with Gasteiger partial charge in [0, 0.05) is 18.1 Å². The average molecular weight is 463 g/mol. The summed E-state index contributed by atoms with van der Waals surface area (Å²) in [5.74, 6) is -0.654. The van der Waals surface area contributed by atoms with Crippen LogP contribution in [0.4, 0.5) is 19.0 Å². The molecule has 1 aliphatic heterocycles. The Morgan fingerprint density at radius 1 is 1.15 bits per heavy atom. The van der Waals surface area contributed by atoms with Gasteiger partial charge < -0.3 is 25.6 Å². The molecule has 4 N–H and O–H groups in total. The summed E-state index contributed by atoms with van der Waals surface area (Å²) >= 11 is 0. The Bertz CT molecular complexity index is 1150. The van der Waals surface area contributed by atoms with Crippen molar-refractivity contribution in [2.75, 3.05) is 18.5 Å². The van der Waals surface area contributed by atoms with Gasteiger partial charge in [-0.2, -0.15) is 13.2 Å². The topological polar surface area (TPSA) is 129 Å². The summed E-state index contributed by atoms with van der Waals surface area (Å²) in [6.45, 7) is -0.242. The van der Waals surface area contributed by atoms with Crippen molar-refractivity contribution in [3.8, 4) is 0 Å². The summed E-state index contributed by atoms with van der Waals surface area (Å²) in [5, 5.41) is 26.8. The number of aliphatic hydroxyl groups is 2. The number of carbonyl (C=O) groups is 1. The molecule has 1 amide bonds. The molecular weight excluding hydrogens is 443 g/mol. The summed E-state index contributed by atoms with van der Waals surface area (Å²) in [6, 6.07) is 8.06. The molecule has 4 atom stereocenters. The summed E-state index contributed by atoms with van der Waals surface area (Å²) in [6.07, 6.45) is -5.32. The maximum atomic E-state index is 12.8. The van der Waals surface area contributed by atoms with E-state index in [1.165, 1.54) is 6.20 Å². The number of aromatic nitrogens is 3. The van der Waals surface area contributed by atoms with Crippen LogP contribution < -0.4 is 10.6 Å². The highest BCUT2D eigenvalue weighted by atomic mass is 19.4. The second kappa shape index (κ2) is 9.25. The molecule has 3 aromatic rings. The van der Waals surface area contributed by atoms with Gasteiger partial charge in [0.15, 0.2) is 5.69 Å². The molecule has 4 rings (SSSR count). The van der Waals surface area contributed by atoms with Crippen molar-refractivity contribution in [1.29, 1.82) is 0 Å². The minimum atomic E-state index is -4.67. The van der Waals surface area contributed by atoms with E-state index in [1.54, 1.807) is 6.07 Å². The number of hydrogen-bond acceptors (Lipinski definition) is 8. The Morgan fingerprint density at radius 3 is 2.73 bits per heavy atom. The van der Waals surface area contributed by atoms with Crippen LogP contribution in [0, 0.1) is 0 Å². The largest absolute Gasteiger partial charge is 0.434 e. The molecule has 3 heterocycles. The van der Waals surface area contributed by atoms with Gasteiger partial charge in [0.1, 0.15) is 24.1 Å². The summed E-state index contributed by atoms with van der Waals surface area (Å²) in [5.41, 5.74) is -0.127. The number of rotatable bonds is 5. The number of hydrogen-bond donors (Lipinski definition) is 4. The first-order valence-electron chi connectivity index (χ1n) is 9.99. The molecule has 0 radical (unpaired) electrons. The highest BCUT2D eigenvalue weighted by Gasteiger charge is 2.39. The summed E-state index contributed by atoms with van der Waals surface area (Å²) < 4.78 is 43.9. The number of aliphatic hydroxyl groups excluding tert-OH is 2. The van der Waals surface area contributed by atoms with E-state index in [0.717, 1.165) is 17.1 Å². The molecule has 0 spiro atoms. The lowest BCUT2D eigenvalue weighted by Gasteiger charge is -2.38. The third-order valence-corrected chi connectivity index (χ3v) is 5.21. The molecule has 0 unspecified atom stereocenters. The fraction of sp³-hybridized carbons (Fsp3) is 0.333. The number of ether oxygens (including phenoxy) is 1. The maximum absolute atomic E-state index is 12.8. The van der Waals surface area contributed by atoms with Crippen LogP contribution in [0.3, 0.4) is 0 Å². The lowest BCUT2D eigenvalue weighted by Crippen LogP contribution is -2.58. The van der Waals surface area contributed by atoms with Crippen molar-refractivity contribution in [3.05, 3.63) is 60.2 Å². The number of alkyl halides is 3. The number of nitrogens with zero attached hydrogens (tertiary/aromatic N) is 3. The molecule has 12 heteroatoms. The number of nitrogens with one attached hydrogen (secondary N) is 2. The zero-order chi connectivity index (χ0) is 23.6. The van der Waals surface area contributed by atoms with E-state index < -0.39 is 42.1 Å². The van der Waals surface area contributed by atoms with Gasteiger partial charge in [0.25, 0.3) is 5.91 Å². The summed E-state index contributed by atoms with van der Waals surface area (Å²) in [4.78, 5) is 23.6. The molecule has 0 saturated carbocycles. The van der Waals surface area contributed by atoms with Crippen molar-refractivity contribution in [2.24, 2.45) is 0 Å². The van der Waals surface area contributed by atoms with Crippen LogP contribution in [0.1, 0.15) is 16.1 Å². The van der Waals surface area contributed by atoms with Crippen molar-refractivity contribution < 1.29 is 32.9 Å². The van der Waals surface area contributed by atoms with Gasteiger partial charge >= 0.3 is 6.18 Å². The molecule has 0 aliphatic carbocycles. The first-order valence-corrected chi connectivity index (χ1v) is 9.99. The lowest BCUT2D eigenvalue weighted by atomic mass is 9.98. The second-order valence-electron chi connectivity index (χ2n) is 7.52. The zero-order valence-corrected chi connectivity index (χ0v) is 17.0. The minimum absolute atomic E-state index is 0.0973. The minimum Gasteiger partial charge on any atom is -0.388 e. The van der Waals surface area contributed by atoms with Crippen LogP contribution in [0.5, 0.6) is 0 Å². The summed E-state index contributed by atoms with van der Waals surface area (Å²) in [7, 11) is 0. The number of para-hydroxylation sites is 1. The van der Waals surface area contributed by atoms with E-state index in [2.05, 4.69) is 25.6 Å². The van der Waals surface area contributed by atoms with Crippen molar-refractivity contribution in [1.82, 2.24) is 20.3 Å². The van der Waals surface area contributed by atoms with Gasteiger partial charge in [-0.05, 0) is 12.1 Å². The zero-order valence-electron chi connectivity index (χ0n) is 17.0. The van der Waals surface area contributed by atoms with Crippen molar-refractivity contribution >= 4 is 22.6 Å². The van der Waals surface area contributed by atoms with E-state index in [9.17, 15) is 28.2 Å². The first-order chi connectivity index (χ1) is 15.7. The SMILES string of the molecule is O=C(NC[C@H]1OC[C@H](Nc2cncc(C(F)(F)F)n2)[C@@H](O)[C@H]1O)c1cnc2ccccc2c1. The van der Waals surface area contributed by atoms with Crippen LogP contribution in [0.15, 0.2) is 48.9 Å². The average Bonchev–Trinajstić information content (AvgIpc) is 2.80. The number of amides is 1. The third-order valence-electron chi connectivity index (χ3n) is 5.21. The first kappa shape index (κ1) is 22.8. The molecule has 174 valence electrons. The van der Waals surface area contributed by atoms with Crippen molar-refractivity contribution in [2.45, 2.75) is 30.5 Å². The van der Waals surface area contributed by atoms with E-state index in [0.29, 0.717) is 11.8 Å². The molecule has 1 aliphatic rings.